The van der Waals surface area contributed by atoms with E-state index in [1.165, 1.54) is 6.33 Å². The molecule has 2 N–H and O–H groups in total. The Balaban J connectivity index is 1.36. The van der Waals surface area contributed by atoms with Crippen molar-refractivity contribution in [1.29, 1.82) is 0 Å². The summed E-state index contributed by atoms with van der Waals surface area (Å²) in [6, 6.07) is 19.2. The van der Waals surface area contributed by atoms with Crippen LogP contribution < -0.4 is 19.9 Å². The van der Waals surface area contributed by atoms with Gasteiger partial charge in [0.05, 0.1) is 25.4 Å². The quantitative estimate of drug-likeness (QED) is 0.364. The summed E-state index contributed by atoms with van der Waals surface area (Å²) in [6.45, 7) is 0.263. The molecule has 5 rings (SSSR count). The van der Waals surface area contributed by atoms with Gasteiger partial charge in [-0.15, -0.1) is 5.10 Å². The Hall–Kier alpha value is -4.73. The van der Waals surface area contributed by atoms with Gasteiger partial charge in [0.1, 0.15) is 18.8 Å². The minimum Gasteiger partial charge on any atom is -0.493 e. The summed E-state index contributed by atoms with van der Waals surface area (Å²) in [5.41, 5.74) is 8.57. The highest BCUT2D eigenvalue weighted by Gasteiger charge is 2.15. The summed E-state index contributed by atoms with van der Waals surface area (Å²) in [6.07, 6.45) is 1.86. The van der Waals surface area contributed by atoms with Gasteiger partial charge >= 0.3 is 0 Å². The van der Waals surface area contributed by atoms with Crippen molar-refractivity contribution < 1.29 is 14.2 Å². The Bertz CT molecular complexity index is 1490. The lowest BCUT2D eigenvalue weighted by Gasteiger charge is -2.10. The number of fused-ring (bicyclic) bond motifs is 1. The molecule has 2 aromatic carbocycles. The Labute approximate surface area is 201 Å². The van der Waals surface area contributed by atoms with Gasteiger partial charge < -0.3 is 19.9 Å². The number of ether oxygens (including phenoxy) is 3. The summed E-state index contributed by atoms with van der Waals surface area (Å²) >= 11 is 0. The summed E-state index contributed by atoms with van der Waals surface area (Å²) in [5, 5.41) is 5.39. The van der Waals surface area contributed by atoms with Crippen molar-refractivity contribution in [3.05, 3.63) is 84.1 Å². The highest BCUT2D eigenvalue weighted by Crippen LogP contribution is 2.28. The molecular formula is C25H23N7O3. The van der Waals surface area contributed by atoms with Gasteiger partial charge in [-0.25, -0.2) is 15.0 Å². The zero-order valence-corrected chi connectivity index (χ0v) is 19.3. The number of aromatic nitrogens is 6. The van der Waals surface area contributed by atoms with E-state index in [9.17, 15) is 0 Å². The Morgan fingerprint density at radius 3 is 2.60 bits per heavy atom. The molecule has 35 heavy (non-hydrogen) atoms. The molecule has 0 fully saturated rings. The minimum atomic E-state index is 0.141. The second-order valence-corrected chi connectivity index (χ2v) is 7.66. The van der Waals surface area contributed by atoms with Crippen molar-refractivity contribution in [3.63, 3.8) is 0 Å². The van der Waals surface area contributed by atoms with Gasteiger partial charge in [-0.05, 0) is 29.8 Å². The van der Waals surface area contributed by atoms with Gasteiger partial charge in [0.15, 0.2) is 17.3 Å². The van der Waals surface area contributed by atoms with E-state index in [1.54, 1.807) is 25.0 Å². The Morgan fingerprint density at radius 1 is 0.886 bits per heavy atom. The summed E-state index contributed by atoms with van der Waals surface area (Å²) in [7, 11) is 3.19. The largest absolute Gasteiger partial charge is 0.493 e. The predicted molar refractivity (Wildman–Crippen MR) is 130 cm³/mol. The van der Waals surface area contributed by atoms with Crippen LogP contribution in [-0.2, 0) is 13.0 Å². The molecule has 10 heteroatoms. The lowest BCUT2D eigenvalue weighted by molar-refractivity contribution is 0.289. The van der Waals surface area contributed by atoms with Gasteiger partial charge in [-0.2, -0.15) is 9.67 Å². The first kappa shape index (κ1) is 22.1. The molecule has 0 spiro atoms. The van der Waals surface area contributed by atoms with E-state index in [1.807, 2.05) is 54.6 Å². The van der Waals surface area contributed by atoms with Crippen LogP contribution in [0, 0.1) is 0 Å². The zero-order chi connectivity index (χ0) is 24.2. The van der Waals surface area contributed by atoms with E-state index in [0.29, 0.717) is 35.4 Å². The molecule has 0 amide bonds. The Kier molecular flexibility index (Phi) is 6.08. The number of rotatable bonds is 8. The average Bonchev–Trinajstić information content (AvgIpc) is 3.27. The van der Waals surface area contributed by atoms with E-state index in [-0.39, 0.29) is 12.6 Å². The summed E-state index contributed by atoms with van der Waals surface area (Å²) < 4.78 is 18.2. The van der Waals surface area contributed by atoms with Crippen LogP contribution in [0.3, 0.4) is 0 Å². The lowest BCUT2D eigenvalue weighted by atomic mass is 10.1. The maximum Gasteiger partial charge on any atom is 0.240 e. The van der Waals surface area contributed by atoms with Crippen molar-refractivity contribution in [2.24, 2.45) is 0 Å². The SMILES string of the molecule is COc1ccc(Cc2nc(N)nn2-c2cc(OCc3ccc4ccccc4n3)ncn2)cc1OC. The fraction of sp³-hybridized carbons (Fsp3) is 0.160. The van der Waals surface area contributed by atoms with Crippen molar-refractivity contribution in [2.75, 3.05) is 20.0 Å². The molecule has 176 valence electrons. The second kappa shape index (κ2) is 9.64. The monoisotopic (exact) mass is 469 g/mol. The molecule has 10 nitrogen and oxygen atoms in total. The molecule has 0 aliphatic carbocycles. The number of para-hydroxylation sites is 1. The predicted octanol–water partition coefficient (Wildman–Crippen LogP) is 3.37. The summed E-state index contributed by atoms with van der Waals surface area (Å²) in [5.74, 6) is 2.90. The molecule has 0 atom stereocenters. The van der Waals surface area contributed by atoms with Crippen LogP contribution in [0.4, 0.5) is 5.95 Å². The fourth-order valence-electron chi connectivity index (χ4n) is 3.69. The summed E-state index contributed by atoms with van der Waals surface area (Å²) in [4.78, 5) is 17.6. The molecule has 0 saturated carbocycles. The maximum atomic E-state index is 5.92. The molecule has 5 aromatic rings. The topological polar surface area (TPSA) is 123 Å². The van der Waals surface area contributed by atoms with Crippen LogP contribution >= 0.6 is 0 Å². The molecule has 0 aliphatic heterocycles. The van der Waals surface area contributed by atoms with Crippen molar-refractivity contribution in [1.82, 2.24) is 29.7 Å². The first-order valence-corrected chi connectivity index (χ1v) is 10.8. The average molecular weight is 470 g/mol. The molecule has 0 aliphatic rings. The molecule has 3 heterocycles. The van der Waals surface area contributed by atoms with Crippen LogP contribution in [0.25, 0.3) is 16.7 Å². The molecule has 0 saturated heterocycles. The van der Waals surface area contributed by atoms with E-state index in [4.69, 9.17) is 19.9 Å². The standard InChI is InChI=1S/C25H23N7O3/c1-33-20-10-7-16(11-21(20)34-2)12-23-30-25(26)31-32(23)22-13-24(28-15-27-22)35-14-18-9-8-17-5-3-4-6-19(17)29-18/h3-11,13,15H,12,14H2,1-2H3,(H2,26,31). The van der Waals surface area contributed by atoms with Crippen LogP contribution in [0.15, 0.2) is 67.0 Å². The number of nitrogen functional groups attached to an aromatic ring is 1. The first-order chi connectivity index (χ1) is 17.1. The normalized spacial score (nSPS) is 10.9. The second-order valence-electron chi connectivity index (χ2n) is 7.66. The van der Waals surface area contributed by atoms with Gasteiger partial charge in [0.25, 0.3) is 0 Å². The van der Waals surface area contributed by atoms with Crippen LogP contribution in [-0.4, -0.2) is 43.9 Å². The molecule has 0 radical (unpaired) electrons. The van der Waals surface area contributed by atoms with Crippen molar-refractivity contribution in [2.45, 2.75) is 13.0 Å². The number of anilines is 1. The third kappa shape index (κ3) is 4.81. The minimum absolute atomic E-state index is 0.141. The van der Waals surface area contributed by atoms with Crippen molar-refractivity contribution >= 4 is 16.9 Å². The first-order valence-electron chi connectivity index (χ1n) is 10.8. The van der Waals surface area contributed by atoms with Crippen molar-refractivity contribution in [3.8, 4) is 23.2 Å². The van der Waals surface area contributed by atoms with E-state index in [2.05, 4.69) is 25.0 Å². The smallest absolute Gasteiger partial charge is 0.240 e. The third-order valence-corrected chi connectivity index (χ3v) is 5.37. The van der Waals surface area contributed by atoms with Gasteiger partial charge in [0.2, 0.25) is 11.8 Å². The molecule has 0 unspecified atom stereocenters. The van der Waals surface area contributed by atoms with E-state index in [0.717, 1.165) is 22.2 Å². The highest BCUT2D eigenvalue weighted by molar-refractivity contribution is 5.78. The number of nitrogens with two attached hydrogens (primary N) is 1. The highest BCUT2D eigenvalue weighted by atomic mass is 16.5. The van der Waals surface area contributed by atoms with Gasteiger partial charge in [-0.1, -0.05) is 30.3 Å². The van der Waals surface area contributed by atoms with E-state index >= 15 is 0 Å². The molecule has 0 bridgehead atoms. The maximum absolute atomic E-state index is 5.92. The number of nitrogens with zero attached hydrogens (tertiary/aromatic N) is 6. The van der Waals surface area contributed by atoms with Gasteiger partial charge in [-0.3, -0.25) is 0 Å². The number of benzene rings is 2. The fourth-order valence-corrected chi connectivity index (χ4v) is 3.69. The van der Waals surface area contributed by atoms with Crippen LogP contribution in [0.1, 0.15) is 17.1 Å². The number of pyridine rings is 1. The molecule has 3 aromatic heterocycles. The van der Waals surface area contributed by atoms with Gasteiger partial charge in [0, 0.05) is 17.9 Å². The van der Waals surface area contributed by atoms with Crippen LogP contribution in [0.2, 0.25) is 0 Å². The third-order valence-electron chi connectivity index (χ3n) is 5.37. The number of hydrogen-bond acceptors (Lipinski definition) is 9. The molecular weight excluding hydrogens is 446 g/mol. The number of hydrogen-bond donors (Lipinski definition) is 1. The van der Waals surface area contributed by atoms with E-state index < -0.39 is 0 Å². The van der Waals surface area contributed by atoms with Crippen LogP contribution in [0.5, 0.6) is 17.4 Å². The zero-order valence-electron chi connectivity index (χ0n) is 19.3. The Morgan fingerprint density at radius 2 is 1.74 bits per heavy atom. The number of methoxy groups -OCH3 is 2. The lowest BCUT2D eigenvalue weighted by Crippen LogP contribution is -2.08.